The van der Waals surface area contributed by atoms with Crippen LogP contribution in [0.15, 0.2) is 75.2 Å². The number of nitrogens with zero attached hydrogens (tertiary/aromatic N) is 4. The summed E-state index contributed by atoms with van der Waals surface area (Å²) in [6.45, 7) is 3.76. The lowest BCUT2D eigenvalue weighted by molar-refractivity contribution is -0.131. The van der Waals surface area contributed by atoms with Gasteiger partial charge in [0.15, 0.2) is 11.5 Å². The van der Waals surface area contributed by atoms with Gasteiger partial charge in [-0.1, -0.05) is 35.4 Å². The van der Waals surface area contributed by atoms with E-state index in [0.29, 0.717) is 20.8 Å². The number of benzene rings is 3. The topological polar surface area (TPSA) is 162 Å². The molecule has 0 bridgehead atoms. The number of carbonyl (C=O) groups excluding carboxylic acids is 4. The van der Waals surface area contributed by atoms with Gasteiger partial charge in [0.25, 0.3) is 0 Å². The third kappa shape index (κ3) is 5.48. The molecule has 4 heterocycles. The molecule has 3 N–H and O–H groups in total. The van der Waals surface area contributed by atoms with E-state index < -0.39 is 65.8 Å². The zero-order valence-corrected chi connectivity index (χ0v) is 36.1. The molecule has 2 aliphatic carbocycles. The van der Waals surface area contributed by atoms with Gasteiger partial charge in [0, 0.05) is 33.2 Å². The number of ether oxygens (including phenoxy) is 1. The second kappa shape index (κ2) is 13.9. The molecule has 6 atom stereocenters. The number of methoxy groups -OCH3 is 1. The first-order chi connectivity index (χ1) is 27.6. The van der Waals surface area contributed by atoms with Crippen LogP contribution in [0.5, 0.6) is 11.5 Å². The number of thiophene rings is 1. The molecule has 1 saturated carbocycles. The normalized spacial score (nSPS) is 25.3. The van der Waals surface area contributed by atoms with Crippen molar-refractivity contribution < 1.29 is 39.1 Å². The number of rotatable bonds is 6. The Morgan fingerprint density at radius 3 is 2.47 bits per heavy atom. The molecule has 2 aliphatic heterocycles. The van der Waals surface area contributed by atoms with E-state index in [2.05, 4.69) is 31.9 Å². The summed E-state index contributed by atoms with van der Waals surface area (Å²) in [4.78, 5) is 62.3. The summed E-state index contributed by atoms with van der Waals surface area (Å²) in [7, 11) is 1.30. The average Bonchev–Trinajstić information content (AvgIpc) is 3.87. The number of phenolic OH excluding ortho intramolecular Hbond substituents is 1. The highest BCUT2D eigenvalue weighted by Crippen LogP contribution is 2.65. The minimum absolute atomic E-state index is 0.109. The van der Waals surface area contributed by atoms with Gasteiger partial charge in [0.2, 0.25) is 23.6 Å². The van der Waals surface area contributed by atoms with Crippen LogP contribution >= 0.6 is 54.8 Å². The molecule has 4 aliphatic rings. The number of aromatic nitrogens is 2. The predicted octanol–water partition coefficient (Wildman–Crippen LogP) is 6.62. The molecule has 9 rings (SSSR count). The standard InChI is InChI=1S/C41H34BBr2ClN4O8S/c1-17-23-13-19(45)8-11-29(23)58-36(17)27-16-30(47(3)46-27)49-38(52)26-14-24-21(32(41(26,2)40(49)54)25-15-28(57-4)35(50)34(44)33(25)43)9-10-22-31(24)39(53)48(37(22)51)20-7-5-6-18(12-20)42(55)56/h5-9,11-13,15-16,22,24,26,31-32,50,55-56H,10,14H2,1-4H3. The number of hydrogen-bond acceptors (Lipinski definition) is 10. The Bertz CT molecular complexity index is 2700. The lowest BCUT2D eigenvalue weighted by Gasteiger charge is -2.49. The quantitative estimate of drug-likeness (QED) is 0.0966. The van der Waals surface area contributed by atoms with Crippen molar-refractivity contribution in [1.82, 2.24) is 9.78 Å². The number of hydrogen-bond donors (Lipinski definition) is 3. The Hall–Kier alpha value is -4.32. The molecule has 296 valence electrons. The van der Waals surface area contributed by atoms with Crippen molar-refractivity contribution in [3.05, 3.63) is 91.3 Å². The molecule has 4 amide bonds. The van der Waals surface area contributed by atoms with E-state index >= 15 is 9.59 Å². The highest BCUT2D eigenvalue weighted by atomic mass is 79.9. The first-order valence-corrected chi connectivity index (χ1v) is 21.3. The van der Waals surface area contributed by atoms with Gasteiger partial charge in [0.05, 0.1) is 45.3 Å². The highest BCUT2D eigenvalue weighted by molar-refractivity contribution is 9.13. The van der Waals surface area contributed by atoms with E-state index in [1.165, 1.54) is 40.2 Å². The second-order valence-electron chi connectivity index (χ2n) is 15.5. The number of phenols is 1. The maximum absolute atomic E-state index is 15.3. The predicted molar refractivity (Wildman–Crippen MR) is 227 cm³/mol. The molecule has 5 aromatic rings. The van der Waals surface area contributed by atoms with Crippen LogP contribution in [0.2, 0.25) is 5.02 Å². The van der Waals surface area contributed by atoms with Gasteiger partial charge in [-0.05, 0) is 123 Å². The van der Waals surface area contributed by atoms with Crippen LogP contribution < -0.4 is 20.0 Å². The van der Waals surface area contributed by atoms with E-state index in [4.69, 9.17) is 21.4 Å². The summed E-state index contributed by atoms with van der Waals surface area (Å²) in [5.41, 5.74) is 1.78. The maximum atomic E-state index is 15.3. The fraction of sp³-hybridized carbons (Fsp3) is 0.293. The summed E-state index contributed by atoms with van der Waals surface area (Å²) >= 11 is 15.0. The van der Waals surface area contributed by atoms with Crippen molar-refractivity contribution in [1.29, 1.82) is 0 Å². The van der Waals surface area contributed by atoms with Crippen LogP contribution in [0, 0.1) is 36.0 Å². The largest absolute Gasteiger partial charge is 0.503 e. The van der Waals surface area contributed by atoms with Gasteiger partial charge >= 0.3 is 7.12 Å². The second-order valence-corrected chi connectivity index (χ2v) is 18.6. The number of aromatic hydroxyl groups is 1. The Morgan fingerprint density at radius 1 is 0.983 bits per heavy atom. The van der Waals surface area contributed by atoms with Crippen molar-refractivity contribution in [2.45, 2.75) is 32.6 Å². The molecule has 0 spiro atoms. The fourth-order valence-corrected chi connectivity index (χ4v) is 12.1. The Balaban J connectivity index is 1.18. The number of halogens is 3. The minimum atomic E-state index is -1.81. The molecule has 58 heavy (non-hydrogen) atoms. The average molecular weight is 949 g/mol. The van der Waals surface area contributed by atoms with Crippen LogP contribution in [-0.2, 0) is 26.2 Å². The molecular formula is C41H34BBr2ClN4O8S. The van der Waals surface area contributed by atoms with Crippen LogP contribution in [0.25, 0.3) is 20.7 Å². The highest BCUT2D eigenvalue weighted by Gasteiger charge is 2.68. The Kier molecular flexibility index (Phi) is 9.37. The number of imide groups is 2. The molecule has 6 unspecified atom stereocenters. The number of anilines is 2. The monoisotopic (exact) mass is 946 g/mol. The summed E-state index contributed by atoms with van der Waals surface area (Å²) < 4.78 is 8.86. The third-order valence-corrected chi connectivity index (χ3v) is 16.3. The van der Waals surface area contributed by atoms with E-state index in [1.807, 2.05) is 31.2 Å². The van der Waals surface area contributed by atoms with Crippen molar-refractivity contribution >= 4 is 113 Å². The molecule has 2 saturated heterocycles. The van der Waals surface area contributed by atoms with Crippen LogP contribution in [0.4, 0.5) is 11.5 Å². The zero-order valence-electron chi connectivity index (χ0n) is 31.4. The van der Waals surface area contributed by atoms with Crippen molar-refractivity contribution in [2.24, 2.45) is 36.1 Å². The number of carbonyl (C=O) groups is 4. The van der Waals surface area contributed by atoms with E-state index in [-0.39, 0.29) is 45.8 Å². The Labute approximate surface area is 358 Å². The van der Waals surface area contributed by atoms with E-state index in [1.54, 1.807) is 38.2 Å². The van der Waals surface area contributed by atoms with Gasteiger partial charge in [-0.3, -0.25) is 28.8 Å². The minimum Gasteiger partial charge on any atom is -0.503 e. The first kappa shape index (κ1) is 39.2. The van der Waals surface area contributed by atoms with Crippen LogP contribution in [-0.4, -0.2) is 62.8 Å². The number of allylic oxidation sites excluding steroid dienone is 2. The maximum Gasteiger partial charge on any atom is 0.488 e. The lowest BCUT2D eigenvalue weighted by Crippen LogP contribution is -2.49. The van der Waals surface area contributed by atoms with Crippen molar-refractivity contribution in [2.75, 3.05) is 16.9 Å². The van der Waals surface area contributed by atoms with Gasteiger partial charge in [-0.15, -0.1) is 11.3 Å². The van der Waals surface area contributed by atoms with Gasteiger partial charge in [0.1, 0.15) is 11.5 Å². The SMILES string of the molecule is COc1cc(C2C3=CCC4C(=O)N(c5cccc(B(O)O)c5)C(=O)C4C3CC3C(=O)N(c4cc(-c5sc6ccc(Cl)cc6c5C)nn4C)C(=O)C32C)c(Br)c(Br)c1O. The molecule has 12 nitrogen and oxygen atoms in total. The first-order valence-electron chi connectivity index (χ1n) is 18.5. The molecule has 2 aromatic heterocycles. The number of aryl methyl sites for hydroxylation is 2. The van der Waals surface area contributed by atoms with Crippen molar-refractivity contribution in [3.8, 4) is 22.1 Å². The van der Waals surface area contributed by atoms with Gasteiger partial charge < -0.3 is 19.9 Å². The smallest absolute Gasteiger partial charge is 0.488 e. The van der Waals surface area contributed by atoms with E-state index in [0.717, 1.165) is 31.0 Å². The lowest BCUT2D eigenvalue weighted by atomic mass is 9.51. The van der Waals surface area contributed by atoms with Gasteiger partial charge in [-0.2, -0.15) is 5.10 Å². The molecule has 0 radical (unpaired) electrons. The van der Waals surface area contributed by atoms with Gasteiger partial charge in [-0.25, -0.2) is 4.90 Å². The molecule has 3 fully saturated rings. The summed E-state index contributed by atoms with van der Waals surface area (Å²) in [6, 6.07) is 15.1. The van der Waals surface area contributed by atoms with Crippen LogP contribution in [0.3, 0.4) is 0 Å². The third-order valence-electron chi connectivity index (χ3n) is 12.6. The summed E-state index contributed by atoms with van der Waals surface area (Å²) in [5.74, 6) is -5.53. The van der Waals surface area contributed by atoms with Crippen molar-refractivity contribution in [3.63, 3.8) is 0 Å². The summed E-state index contributed by atoms with van der Waals surface area (Å²) in [6.07, 6.45) is 2.24. The fourth-order valence-electron chi connectivity index (χ4n) is 9.85. The molecular weight excluding hydrogens is 915 g/mol. The summed E-state index contributed by atoms with van der Waals surface area (Å²) in [5, 5.41) is 37.1. The van der Waals surface area contributed by atoms with E-state index in [9.17, 15) is 24.7 Å². The number of amides is 4. The Morgan fingerprint density at radius 2 is 1.74 bits per heavy atom. The number of fused-ring (bicyclic) bond motifs is 5. The zero-order chi connectivity index (χ0) is 41.3. The van der Waals surface area contributed by atoms with Crippen LogP contribution in [0.1, 0.15) is 36.8 Å². The molecule has 17 heteroatoms. The molecule has 3 aromatic carbocycles.